The number of nitrogens with two attached hydrogens (primary N) is 1. The number of nitrogens with zero attached hydrogens (tertiary/aromatic N) is 3. The number of fused-ring (bicyclic) bond motifs is 1. The molecule has 0 aliphatic carbocycles. The monoisotopic (exact) mass is 266 g/mol. The minimum absolute atomic E-state index is 0.0858. The Labute approximate surface area is 114 Å². The maximum absolute atomic E-state index is 11.1. The molecule has 0 radical (unpaired) electrons. The summed E-state index contributed by atoms with van der Waals surface area (Å²) in [6.45, 7) is 0. The highest BCUT2D eigenvalue weighted by molar-refractivity contribution is 5.94. The fraction of sp³-hybridized carbons (Fsp3) is 0. The molecule has 6 nitrogen and oxygen atoms in total. The summed E-state index contributed by atoms with van der Waals surface area (Å²) >= 11 is 0. The van der Waals surface area contributed by atoms with E-state index in [0.29, 0.717) is 11.1 Å². The number of rotatable bonds is 2. The number of pyridine rings is 2. The first-order chi connectivity index (χ1) is 9.66. The van der Waals surface area contributed by atoms with Crippen LogP contribution in [0.25, 0.3) is 22.2 Å². The maximum atomic E-state index is 11.1. The van der Waals surface area contributed by atoms with Gasteiger partial charge in [-0.15, -0.1) is 0 Å². The molecule has 20 heavy (non-hydrogen) atoms. The molecular weight excluding hydrogens is 256 g/mol. The van der Waals surface area contributed by atoms with Gasteiger partial charge in [0.25, 0.3) is 5.69 Å². The van der Waals surface area contributed by atoms with E-state index in [1.54, 1.807) is 12.3 Å². The minimum Gasteiger partial charge on any atom is -0.384 e. The first-order valence-corrected chi connectivity index (χ1v) is 5.92. The summed E-state index contributed by atoms with van der Waals surface area (Å²) in [5.74, 6) is 0.235. The van der Waals surface area contributed by atoms with Gasteiger partial charge in [0.05, 0.1) is 10.4 Å². The van der Waals surface area contributed by atoms with Crippen molar-refractivity contribution in [2.75, 3.05) is 5.73 Å². The van der Waals surface area contributed by atoms with E-state index in [1.165, 1.54) is 12.1 Å². The molecule has 0 unspecified atom stereocenters. The molecule has 0 fully saturated rings. The van der Waals surface area contributed by atoms with Gasteiger partial charge >= 0.3 is 0 Å². The lowest BCUT2D eigenvalue weighted by Crippen LogP contribution is -1.99. The molecule has 0 bridgehead atoms. The van der Waals surface area contributed by atoms with E-state index in [-0.39, 0.29) is 17.2 Å². The van der Waals surface area contributed by atoms with E-state index in [2.05, 4.69) is 9.97 Å². The van der Waals surface area contributed by atoms with Crippen LogP contribution in [-0.2, 0) is 0 Å². The third-order valence-electron chi connectivity index (χ3n) is 2.98. The predicted octanol–water partition coefficient (Wildman–Crippen LogP) is 2.79. The summed E-state index contributed by atoms with van der Waals surface area (Å²) in [6, 6.07) is 11.9. The fourth-order valence-corrected chi connectivity index (χ4v) is 2.11. The van der Waals surface area contributed by atoms with Crippen molar-refractivity contribution in [1.29, 1.82) is 0 Å². The Morgan fingerprint density at radius 1 is 1.10 bits per heavy atom. The van der Waals surface area contributed by atoms with Crippen LogP contribution in [0.1, 0.15) is 0 Å². The van der Waals surface area contributed by atoms with Crippen LogP contribution in [0.2, 0.25) is 0 Å². The standard InChI is InChI=1S/C14H10N4O2/c15-12-7-6-11(18(19)20)14(17-12)10-5-1-3-9-4-2-8-16-13(9)10/h1-8H,(H2,15,17). The molecular formula is C14H10N4O2. The summed E-state index contributed by atoms with van der Waals surface area (Å²) in [5, 5.41) is 12.0. The molecule has 6 heteroatoms. The Balaban J connectivity index is 2.36. The van der Waals surface area contributed by atoms with Gasteiger partial charge in [-0.2, -0.15) is 0 Å². The zero-order valence-electron chi connectivity index (χ0n) is 10.4. The van der Waals surface area contributed by atoms with Gasteiger partial charge in [-0.1, -0.05) is 24.3 Å². The number of anilines is 1. The first-order valence-electron chi connectivity index (χ1n) is 5.92. The third-order valence-corrected chi connectivity index (χ3v) is 2.98. The highest BCUT2D eigenvalue weighted by atomic mass is 16.6. The number of nitro groups is 1. The van der Waals surface area contributed by atoms with Gasteiger partial charge in [-0.25, -0.2) is 4.98 Å². The number of benzene rings is 1. The third kappa shape index (κ3) is 1.93. The highest BCUT2D eigenvalue weighted by Gasteiger charge is 2.19. The zero-order chi connectivity index (χ0) is 14.1. The van der Waals surface area contributed by atoms with Crippen LogP contribution in [0.3, 0.4) is 0 Å². The molecule has 98 valence electrons. The molecule has 2 heterocycles. The molecule has 0 aliphatic rings. The van der Waals surface area contributed by atoms with Gasteiger partial charge in [0, 0.05) is 23.2 Å². The number of nitrogen functional groups attached to an aromatic ring is 1. The smallest absolute Gasteiger partial charge is 0.295 e. The van der Waals surface area contributed by atoms with Crippen molar-refractivity contribution in [3.63, 3.8) is 0 Å². The molecule has 1 aromatic carbocycles. The molecule has 0 amide bonds. The van der Waals surface area contributed by atoms with Crippen LogP contribution in [0, 0.1) is 10.1 Å². The average molecular weight is 266 g/mol. The molecule has 0 atom stereocenters. The van der Waals surface area contributed by atoms with Crippen LogP contribution >= 0.6 is 0 Å². The zero-order valence-corrected chi connectivity index (χ0v) is 10.4. The van der Waals surface area contributed by atoms with E-state index >= 15 is 0 Å². The van der Waals surface area contributed by atoms with E-state index in [4.69, 9.17) is 5.73 Å². The Kier molecular flexibility index (Phi) is 2.76. The van der Waals surface area contributed by atoms with Crippen molar-refractivity contribution in [2.24, 2.45) is 0 Å². The maximum Gasteiger partial charge on any atom is 0.295 e. The van der Waals surface area contributed by atoms with Crippen molar-refractivity contribution < 1.29 is 4.92 Å². The molecule has 0 aliphatic heterocycles. The summed E-state index contributed by atoms with van der Waals surface area (Å²) in [6.07, 6.45) is 1.64. The summed E-state index contributed by atoms with van der Waals surface area (Å²) in [4.78, 5) is 19.1. The molecule has 0 saturated heterocycles. The predicted molar refractivity (Wildman–Crippen MR) is 76.0 cm³/mol. The molecule has 0 spiro atoms. The van der Waals surface area contributed by atoms with Gasteiger partial charge in [0.2, 0.25) is 0 Å². The van der Waals surface area contributed by atoms with E-state index in [1.807, 2.05) is 24.3 Å². The molecule has 3 aromatic rings. The number of aromatic nitrogens is 2. The van der Waals surface area contributed by atoms with Crippen LogP contribution in [0.4, 0.5) is 11.5 Å². The van der Waals surface area contributed by atoms with Crippen molar-refractivity contribution in [1.82, 2.24) is 9.97 Å². The molecule has 0 saturated carbocycles. The number of hydrogen-bond donors (Lipinski definition) is 1. The number of hydrogen-bond acceptors (Lipinski definition) is 5. The molecule has 2 N–H and O–H groups in total. The second-order valence-corrected chi connectivity index (χ2v) is 4.24. The lowest BCUT2D eigenvalue weighted by molar-refractivity contribution is -0.384. The summed E-state index contributed by atoms with van der Waals surface area (Å²) < 4.78 is 0. The minimum atomic E-state index is -0.469. The lowest BCUT2D eigenvalue weighted by Gasteiger charge is -2.06. The Morgan fingerprint density at radius 2 is 1.90 bits per heavy atom. The SMILES string of the molecule is Nc1ccc([N+](=O)[O-])c(-c2cccc3cccnc23)n1. The van der Waals surface area contributed by atoms with Crippen molar-refractivity contribution >= 4 is 22.4 Å². The van der Waals surface area contributed by atoms with Gasteiger partial charge < -0.3 is 5.73 Å². The van der Waals surface area contributed by atoms with Gasteiger partial charge in [0.1, 0.15) is 5.82 Å². The normalized spacial score (nSPS) is 10.6. The Morgan fingerprint density at radius 3 is 2.70 bits per heavy atom. The lowest BCUT2D eigenvalue weighted by atomic mass is 10.1. The van der Waals surface area contributed by atoms with Crippen LogP contribution in [-0.4, -0.2) is 14.9 Å². The van der Waals surface area contributed by atoms with E-state index in [9.17, 15) is 10.1 Å². The topological polar surface area (TPSA) is 94.9 Å². The van der Waals surface area contributed by atoms with Crippen LogP contribution in [0.5, 0.6) is 0 Å². The van der Waals surface area contributed by atoms with Crippen LogP contribution < -0.4 is 5.73 Å². The summed E-state index contributed by atoms with van der Waals surface area (Å²) in [5.41, 5.74) is 7.07. The van der Waals surface area contributed by atoms with Gasteiger partial charge in [-0.05, 0) is 12.1 Å². The molecule has 3 rings (SSSR count). The van der Waals surface area contributed by atoms with Crippen molar-refractivity contribution in [3.8, 4) is 11.3 Å². The second-order valence-electron chi connectivity index (χ2n) is 4.24. The Bertz CT molecular complexity index is 812. The van der Waals surface area contributed by atoms with Crippen molar-refractivity contribution in [2.45, 2.75) is 0 Å². The second kappa shape index (κ2) is 4.58. The van der Waals surface area contributed by atoms with Crippen LogP contribution in [0.15, 0.2) is 48.7 Å². The fourth-order valence-electron chi connectivity index (χ4n) is 2.11. The van der Waals surface area contributed by atoms with Crippen molar-refractivity contribution in [3.05, 3.63) is 58.8 Å². The summed E-state index contributed by atoms with van der Waals surface area (Å²) in [7, 11) is 0. The quantitative estimate of drug-likeness (QED) is 0.568. The van der Waals surface area contributed by atoms with E-state index < -0.39 is 4.92 Å². The molecule has 2 aromatic heterocycles. The number of para-hydroxylation sites is 1. The Hall–Kier alpha value is -3.02. The highest BCUT2D eigenvalue weighted by Crippen LogP contribution is 2.32. The first kappa shape index (κ1) is 12.0. The van der Waals surface area contributed by atoms with Gasteiger partial charge in [-0.3, -0.25) is 15.1 Å². The largest absolute Gasteiger partial charge is 0.384 e. The van der Waals surface area contributed by atoms with E-state index in [0.717, 1.165) is 5.39 Å². The average Bonchev–Trinajstić information content (AvgIpc) is 2.46. The van der Waals surface area contributed by atoms with Gasteiger partial charge in [0.15, 0.2) is 5.69 Å².